The monoisotopic (exact) mass is 676 g/mol. The molecule has 9 aromatic rings. The molecule has 0 saturated carbocycles. The average molecular weight is 677 g/mol. The number of rotatable bonds is 5. The molecule has 2 nitrogen and oxygen atoms in total. The number of fused-ring (bicyclic) bond motifs is 5. The summed E-state index contributed by atoms with van der Waals surface area (Å²) in [5, 5.41) is 4.78. The molecule has 0 atom stereocenters. The van der Waals surface area contributed by atoms with Gasteiger partial charge in [-0.2, -0.15) is 0 Å². The van der Waals surface area contributed by atoms with Crippen LogP contribution in [0.15, 0.2) is 182 Å². The summed E-state index contributed by atoms with van der Waals surface area (Å²) in [6.07, 6.45) is 0. The lowest BCUT2D eigenvalue weighted by Gasteiger charge is -2.22. The van der Waals surface area contributed by atoms with Crippen LogP contribution in [0.2, 0.25) is 0 Å². The van der Waals surface area contributed by atoms with Crippen molar-refractivity contribution in [1.29, 1.82) is 0 Å². The number of aromatic nitrogens is 2. The van der Waals surface area contributed by atoms with E-state index in [4.69, 9.17) is 9.97 Å². The molecular weight excluding hydrogens is 641 g/mol. The lowest BCUT2D eigenvalue weighted by molar-refractivity contribution is 0.660. The van der Waals surface area contributed by atoms with Crippen LogP contribution in [0.5, 0.6) is 0 Å². The zero-order chi connectivity index (χ0) is 35.5. The molecule has 0 unspecified atom stereocenters. The molecule has 0 radical (unpaired) electrons. The molecule has 1 aliphatic carbocycles. The Balaban J connectivity index is 1.16. The average Bonchev–Trinajstić information content (AvgIpc) is 3.46. The maximum absolute atomic E-state index is 5.31. The van der Waals surface area contributed by atoms with E-state index in [2.05, 4.69) is 190 Å². The van der Waals surface area contributed by atoms with Crippen molar-refractivity contribution in [2.24, 2.45) is 0 Å². The van der Waals surface area contributed by atoms with Crippen molar-refractivity contribution in [1.82, 2.24) is 9.97 Å². The first-order valence-electron chi connectivity index (χ1n) is 18.3. The fourth-order valence-corrected chi connectivity index (χ4v) is 8.39. The number of hydrogen-bond donors (Lipinski definition) is 0. The van der Waals surface area contributed by atoms with E-state index in [1.165, 1.54) is 66.1 Å². The van der Waals surface area contributed by atoms with E-state index in [1.54, 1.807) is 0 Å². The summed E-state index contributed by atoms with van der Waals surface area (Å²) in [4.78, 5) is 10.5. The molecule has 0 aliphatic heterocycles. The predicted molar refractivity (Wildman–Crippen MR) is 222 cm³/mol. The van der Waals surface area contributed by atoms with Gasteiger partial charge in [0.25, 0.3) is 0 Å². The molecule has 0 fully saturated rings. The van der Waals surface area contributed by atoms with Gasteiger partial charge < -0.3 is 0 Å². The van der Waals surface area contributed by atoms with Gasteiger partial charge in [-0.3, -0.25) is 0 Å². The fraction of sp³-hybridized carbons (Fsp3) is 0.0588. The molecule has 0 bridgehead atoms. The Hall–Kier alpha value is -6.64. The van der Waals surface area contributed by atoms with Crippen molar-refractivity contribution >= 4 is 21.5 Å². The van der Waals surface area contributed by atoms with Crippen LogP contribution < -0.4 is 0 Å². The van der Waals surface area contributed by atoms with Crippen molar-refractivity contribution < 1.29 is 0 Å². The van der Waals surface area contributed by atoms with Gasteiger partial charge in [-0.05, 0) is 78.2 Å². The maximum Gasteiger partial charge on any atom is 0.160 e. The molecule has 8 aromatic carbocycles. The molecule has 1 aromatic heterocycles. The Morgan fingerprint density at radius 2 is 0.943 bits per heavy atom. The quantitative estimate of drug-likeness (QED) is 0.181. The van der Waals surface area contributed by atoms with Crippen molar-refractivity contribution in [3.8, 4) is 67.3 Å². The van der Waals surface area contributed by atoms with Crippen LogP contribution >= 0.6 is 0 Å². The van der Waals surface area contributed by atoms with E-state index in [0.717, 1.165) is 28.1 Å². The summed E-state index contributed by atoms with van der Waals surface area (Å²) in [7, 11) is 0. The van der Waals surface area contributed by atoms with Crippen LogP contribution in [0.4, 0.5) is 0 Å². The third kappa shape index (κ3) is 5.18. The van der Waals surface area contributed by atoms with Crippen LogP contribution in [0.3, 0.4) is 0 Å². The minimum Gasteiger partial charge on any atom is -0.228 e. The first kappa shape index (κ1) is 31.1. The molecule has 0 N–H and O–H groups in total. The Kier molecular flexibility index (Phi) is 7.19. The molecule has 250 valence electrons. The molecule has 2 heteroatoms. The highest BCUT2D eigenvalue weighted by molar-refractivity contribution is 6.08. The summed E-state index contributed by atoms with van der Waals surface area (Å²) in [5.41, 5.74) is 15.2. The third-order valence-electron chi connectivity index (χ3n) is 11.1. The van der Waals surface area contributed by atoms with Gasteiger partial charge in [0.05, 0.1) is 11.4 Å². The van der Waals surface area contributed by atoms with Crippen LogP contribution in [0.25, 0.3) is 88.8 Å². The SMILES string of the molecule is CC1(C)c2ccccc2-c2c(-c3ccc(-c4cc(-c5ccc6ccccc6c5)nc(-c5ccc(-c6ccccc6)cc5)n4)c4ccccc34)cccc21. The predicted octanol–water partition coefficient (Wildman–Crippen LogP) is 13.4. The Morgan fingerprint density at radius 1 is 0.358 bits per heavy atom. The Labute approximate surface area is 310 Å². The summed E-state index contributed by atoms with van der Waals surface area (Å²) in [5.74, 6) is 0.707. The van der Waals surface area contributed by atoms with E-state index in [0.29, 0.717) is 5.82 Å². The number of nitrogens with zero attached hydrogens (tertiary/aromatic N) is 2. The topological polar surface area (TPSA) is 25.8 Å². The van der Waals surface area contributed by atoms with Gasteiger partial charge in [0, 0.05) is 22.1 Å². The van der Waals surface area contributed by atoms with Crippen LogP contribution in [-0.2, 0) is 5.41 Å². The lowest BCUT2D eigenvalue weighted by atomic mass is 9.81. The summed E-state index contributed by atoms with van der Waals surface area (Å²) in [6.45, 7) is 4.69. The van der Waals surface area contributed by atoms with Crippen molar-refractivity contribution in [3.63, 3.8) is 0 Å². The largest absolute Gasteiger partial charge is 0.228 e. The summed E-state index contributed by atoms with van der Waals surface area (Å²) < 4.78 is 0. The second-order valence-electron chi connectivity index (χ2n) is 14.6. The Morgan fingerprint density at radius 3 is 1.77 bits per heavy atom. The highest BCUT2D eigenvalue weighted by atomic mass is 14.9. The molecule has 1 heterocycles. The fourth-order valence-electron chi connectivity index (χ4n) is 8.39. The smallest absolute Gasteiger partial charge is 0.160 e. The van der Waals surface area contributed by atoms with E-state index < -0.39 is 0 Å². The summed E-state index contributed by atoms with van der Waals surface area (Å²) >= 11 is 0. The van der Waals surface area contributed by atoms with Crippen molar-refractivity contribution in [2.45, 2.75) is 19.3 Å². The second-order valence-corrected chi connectivity index (χ2v) is 14.6. The van der Waals surface area contributed by atoms with E-state index in [9.17, 15) is 0 Å². The van der Waals surface area contributed by atoms with Gasteiger partial charge in [-0.25, -0.2) is 9.97 Å². The maximum atomic E-state index is 5.31. The minimum atomic E-state index is -0.0620. The minimum absolute atomic E-state index is 0.0620. The first-order valence-corrected chi connectivity index (χ1v) is 18.3. The zero-order valence-corrected chi connectivity index (χ0v) is 29.7. The van der Waals surface area contributed by atoms with Crippen LogP contribution in [0.1, 0.15) is 25.0 Å². The second kappa shape index (κ2) is 12.3. The van der Waals surface area contributed by atoms with E-state index in [-0.39, 0.29) is 5.41 Å². The highest BCUT2D eigenvalue weighted by Crippen LogP contribution is 2.53. The zero-order valence-electron chi connectivity index (χ0n) is 29.7. The van der Waals surface area contributed by atoms with Crippen LogP contribution in [0, 0.1) is 0 Å². The molecular formula is C51H36N2. The van der Waals surface area contributed by atoms with Gasteiger partial charge in [0.1, 0.15) is 0 Å². The van der Waals surface area contributed by atoms with Gasteiger partial charge in [-0.15, -0.1) is 0 Å². The number of benzene rings is 8. The van der Waals surface area contributed by atoms with Crippen LogP contribution in [-0.4, -0.2) is 9.97 Å². The first-order chi connectivity index (χ1) is 26.0. The summed E-state index contributed by atoms with van der Waals surface area (Å²) in [6, 6.07) is 65.4. The van der Waals surface area contributed by atoms with Gasteiger partial charge >= 0.3 is 0 Å². The van der Waals surface area contributed by atoms with Gasteiger partial charge in [0.2, 0.25) is 0 Å². The Bertz CT molecular complexity index is 2850. The van der Waals surface area contributed by atoms with Gasteiger partial charge in [-0.1, -0.05) is 184 Å². The molecule has 1 aliphatic rings. The molecule has 10 rings (SSSR count). The van der Waals surface area contributed by atoms with Crippen molar-refractivity contribution in [3.05, 3.63) is 193 Å². The number of hydrogen-bond acceptors (Lipinski definition) is 2. The normalized spacial score (nSPS) is 12.9. The third-order valence-corrected chi connectivity index (χ3v) is 11.1. The highest BCUT2D eigenvalue weighted by Gasteiger charge is 2.36. The van der Waals surface area contributed by atoms with Gasteiger partial charge in [0.15, 0.2) is 5.82 Å². The molecule has 0 spiro atoms. The van der Waals surface area contributed by atoms with E-state index >= 15 is 0 Å². The van der Waals surface area contributed by atoms with Crippen molar-refractivity contribution in [2.75, 3.05) is 0 Å². The molecule has 0 amide bonds. The van der Waals surface area contributed by atoms with E-state index in [1.807, 2.05) is 6.07 Å². The molecule has 53 heavy (non-hydrogen) atoms. The lowest BCUT2D eigenvalue weighted by Crippen LogP contribution is -2.14. The standard InChI is InChI=1S/C51H36N2/c1-51(2)45-21-11-10-19-44(45)49-43(20-12-22-46(49)51)41-29-30-42(40-18-9-8-17-39(40)41)48-32-47(38-28-25-34-15-6-7-16-37(34)31-38)52-50(53-48)36-26-23-35(24-27-36)33-13-4-3-5-14-33/h3-32H,1-2H3. The molecule has 0 saturated heterocycles.